The standard InChI is InChI=1S/C17H19N3O4/c1-3-9-19(11-13-6-4-5-7-14(13)24-2)16(22)12-20-10-8-15(21)18-17(20)23/h3-8,10H,1,9,11-12H2,2H3,(H,18,21,23). The Bertz CT molecular complexity index is 838. The van der Waals surface area contributed by atoms with Crippen molar-refractivity contribution >= 4 is 5.91 Å². The number of aromatic nitrogens is 2. The topological polar surface area (TPSA) is 84.4 Å². The van der Waals surface area contributed by atoms with Crippen LogP contribution in [-0.4, -0.2) is 34.0 Å². The van der Waals surface area contributed by atoms with Crippen LogP contribution in [0.2, 0.25) is 0 Å². The summed E-state index contributed by atoms with van der Waals surface area (Å²) in [5, 5.41) is 0. The lowest BCUT2D eigenvalue weighted by molar-refractivity contribution is -0.132. The Balaban J connectivity index is 2.20. The summed E-state index contributed by atoms with van der Waals surface area (Å²) in [6, 6.07) is 8.60. The van der Waals surface area contributed by atoms with Crippen molar-refractivity contribution in [2.75, 3.05) is 13.7 Å². The second kappa shape index (κ2) is 7.96. The first kappa shape index (κ1) is 17.3. The number of aromatic amines is 1. The van der Waals surface area contributed by atoms with Crippen molar-refractivity contribution in [3.8, 4) is 5.75 Å². The monoisotopic (exact) mass is 329 g/mol. The van der Waals surface area contributed by atoms with E-state index in [4.69, 9.17) is 4.74 Å². The molecule has 7 heteroatoms. The van der Waals surface area contributed by atoms with E-state index >= 15 is 0 Å². The molecule has 0 aliphatic carbocycles. The van der Waals surface area contributed by atoms with E-state index < -0.39 is 11.2 Å². The van der Waals surface area contributed by atoms with Crippen molar-refractivity contribution in [3.05, 3.63) is 75.6 Å². The second-order valence-corrected chi connectivity index (χ2v) is 5.11. The Kier molecular flexibility index (Phi) is 5.73. The molecule has 7 nitrogen and oxygen atoms in total. The van der Waals surface area contributed by atoms with Crippen LogP contribution < -0.4 is 16.0 Å². The molecule has 0 bridgehead atoms. The number of H-pyrrole nitrogens is 1. The molecule has 0 atom stereocenters. The van der Waals surface area contributed by atoms with Crippen LogP contribution in [0, 0.1) is 0 Å². The van der Waals surface area contributed by atoms with Crippen LogP contribution in [0.1, 0.15) is 5.56 Å². The fourth-order valence-electron chi connectivity index (χ4n) is 2.26. The Morgan fingerprint density at radius 3 is 2.75 bits per heavy atom. The van der Waals surface area contributed by atoms with Gasteiger partial charge in [-0.1, -0.05) is 24.3 Å². The average molecular weight is 329 g/mol. The second-order valence-electron chi connectivity index (χ2n) is 5.11. The van der Waals surface area contributed by atoms with Crippen LogP contribution in [-0.2, 0) is 17.9 Å². The van der Waals surface area contributed by atoms with Crippen molar-refractivity contribution in [2.24, 2.45) is 0 Å². The van der Waals surface area contributed by atoms with Gasteiger partial charge in [0.05, 0.1) is 7.11 Å². The Hall–Kier alpha value is -3.09. The maximum Gasteiger partial charge on any atom is 0.328 e. The van der Waals surface area contributed by atoms with Gasteiger partial charge in [-0.05, 0) is 6.07 Å². The lowest BCUT2D eigenvalue weighted by Gasteiger charge is -2.22. The summed E-state index contributed by atoms with van der Waals surface area (Å²) in [7, 11) is 1.57. The third-order valence-corrected chi connectivity index (χ3v) is 3.46. The highest BCUT2D eigenvalue weighted by atomic mass is 16.5. The van der Waals surface area contributed by atoms with E-state index in [0.29, 0.717) is 18.8 Å². The number of carbonyl (C=O) groups excluding carboxylic acids is 1. The number of methoxy groups -OCH3 is 1. The normalized spacial score (nSPS) is 10.2. The summed E-state index contributed by atoms with van der Waals surface area (Å²) in [5.74, 6) is 0.413. The van der Waals surface area contributed by atoms with E-state index in [1.807, 2.05) is 24.3 Å². The van der Waals surface area contributed by atoms with Crippen molar-refractivity contribution < 1.29 is 9.53 Å². The number of nitrogens with one attached hydrogen (secondary N) is 1. The molecule has 2 rings (SSSR count). The van der Waals surface area contributed by atoms with Crippen molar-refractivity contribution in [2.45, 2.75) is 13.1 Å². The first-order valence-corrected chi connectivity index (χ1v) is 7.35. The van der Waals surface area contributed by atoms with Gasteiger partial charge >= 0.3 is 5.69 Å². The van der Waals surface area contributed by atoms with Gasteiger partial charge < -0.3 is 9.64 Å². The molecule has 0 radical (unpaired) electrons. The molecule has 1 aromatic heterocycles. The number of amides is 1. The van der Waals surface area contributed by atoms with Crippen molar-refractivity contribution in [1.82, 2.24) is 14.5 Å². The molecule has 1 aromatic carbocycles. The fraction of sp³-hybridized carbons (Fsp3) is 0.235. The molecule has 24 heavy (non-hydrogen) atoms. The first-order valence-electron chi connectivity index (χ1n) is 7.35. The van der Waals surface area contributed by atoms with Crippen LogP contribution in [0.5, 0.6) is 5.75 Å². The number of hydrogen-bond donors (Lipinski definition) is 1. The molecule has 0 unspecified atom stereocenters. The molecular weight excluding hydrogens is 310 g/mol. The lowest BCUT2D eigenvalue weighted by Crippen LogP contribution is -2.38. The molecule has 1 N–H and O–H groups in total. The zero-order chi connectivity index (χ0) is 17.5. The molecule has 1 heterocycles. The molecule has 0 saturated carbocycles. The summed E-state index contributed by atoms with van der Waals surface area (Å²) < 4.78 is 6.45. The van der Waals surface area contributed by atoms with Gasteiger partial charge in [-0.15, -0.1) is 6.58 Å². The van der Waals surface area contributed by atoms with E-state index in [0.717, 1.165) is 10.1 Å². The number of carbonyl (C=O) groups is 1. The zero-order valence-corrected chi connectivity index (χ0v) is 13.4. The number of ether oxygens (including phenoxy) is 1. The van der Waals surface area contributed by atoms with Gasteiger partial charge in [0, 0.05) is 30.9 Å². The maximum absolute atomic E-state index is 12.5. The van der Waals surface area contributed by atoms with Crippen LogP contribution in [0.25, 0.3) is 0 Å². The van der Waals surface area contributed by atoms with Gasteiger partial charge in [-0.2, -0.15) is 0 Å². The van der Waals surface area contributed by atoms with E-state index in [-0.39, 0.29) is 12.5 Å². The summed E-state index contributed by atoms with van der Waals surface area (Å²) in [5.41, 5.74) is -0.267. The molecule has 0 spiro atoms. The number of nitrogens with zero attached hydrogens (tertiary/aromatic N) is 2. The minimum absolute atomic E-state index is 0.168. The maximum atomic E-state index is 12.5. The molecule has 0 aliphatic rings. The highest BCUT2D eigenvalue weighted by Crippen LogP contribution is 2.19. The van der Waals surface area contributed by atoms with Crippen LogP contribution in [0.3, 0.4) is 0 Å². The van der Waals surface area contributed by atoms with Crippen molar-refractivity contribution in [1.29, 1.82) is 0 Å². The largest absolute Gasteiger partial charge is 0.496 e. The Morgan fingerprint density at radius 1 is 1.33 bits per heavy atom. The minimum atomic E-state index is -0.619. The predicted molar refractivity (Wildman–Crippen MR) is 89.9 cm³/mol. The predicted octanol–water partition coefficient (Wildman–Crippen LogP) is 0.760. The molecule has 0 aliphatic heterocycles. The van der Waals surface area contributed by atoms with E-state index in [2.05, 4.69) is 11.6 Å². The number of rotatable bonds is 7. The smallest absolute Gasteiger partial charge is 0.328 e. The lowest BCUT2D eigenvalue weighted by atomic mass is 10.2. The summed E-state index contributed by atoms with van der Waals surface area (Å²) in [6.45, 7) is 4.15. The van der Waals surface area contributed by atoms with Gasteiger partial charge in [0.2, 0.25) is 5.91 Å². The van der Waals surface area contributed by atoms with Gasteiger partial charge in [-0.3, -0.25) is 19.1 Å². The SMILES string of the molecule is C=CCN(Cc1ccccc1OC)C(=O)Cn1ccc(=O)[nH]c1=O. The Morgan fingerprint density at radius 2 is 2.08 bits per heavy atom. The highest BCUT2D eigenvalue weighted by molar-refractivity contribution is 5.76. The van der Waals surface area contributed by atoms with E-state index in [1.54, 1.807) is 18.1 Å². The van der Waals surface area contributed by atoms with Crippen molar-refractivity contribution in [3.63, 3.8) is 0 Å². The third-order valence-electron chi connectivity index (χ3n) is 3.46. The van der Waals surface area contributed by atoms with E-state index in [9.17, 15) is 14.4 Å². The molecule has 1 amide bonds. The number of para-hydroxylation sites is 1. The fourth-order valence-corrected chi connectivity index (χ4v) is 2.26. The number of benzene rings is 1. The molecule has 0 saturated heterocycles. The first-order chi connectivity index (χ1) is 11.5. The minimum Gasteiger partial charge on any atom is -0.496 e. The quantitative estimate of drug-likeness (QED) is 0.760. The van der Waals surface area contributed by atoms with E-state index in [1.165, 1.54) is 12.3 Å². The molecule has 126 valence electrons. The summed E-state index contributed by atoms with van der Waals surface area (Å²) in [4.78, 5) is 39.0. The Labute approximate surface area is 138 Å². The van der Waals surface area contributed by atoms with Crippen LogP contribution in [0.4, 0.5) is 0 Å². The third kappa shape index (κ3) is 4.22. The van der Waals surface area contributed by atoms with Gasteiger partial charge in [0.1, 0.15) is 12.3 Å². The molecular formula is C17H19N3O4. The van der Waals surface area contributed by atoms with Crippen LogP contribution >= 0.6 is 0 Å². The van der Waals surface area contributed by atoms with Gasteiger partial charge in [0.15, 0.2) is 0 Å². The zero-order valence-electron chi connectivity index (χ0n) is 13.4. The molecule has 0 fully saturated rings. The average Bonchev–Trinajstić information content (AvgIpc) is 2.57. The summed E-state index contributed by atoms with van der Waals surface area (Å²) in [6.07, 6.45) is 2.91. The molecule has 2 aromatic rings. The number of hydrogen-bond acceptors (Lipinski definition) is 4. The summed E-state index contributed by atoms with van der Waals surface area (Å²) >= 11 is 0. The van der Waals surface area contributed by atoms with Gasteiger partial charge in [-0.25, -0.2) is 4.79 Å². The van der Waals surface area contributed by atoms with Gasteiger partial charge in [0.25, 0.3) is 5.56 Å². The van der Waals surface area contributed by atoms with Crippen LogP contribution in [0.15, 0.2) is 58.8 Å². The highest BCUT2D eigenvalue weighted by Gasteiger charge is 2.16.